The van der Waals surface area contributed by atoms with E-state index in [4.69, 9.17) is 4.74 Å². The van der Waals surface area contributed by atoms with Crippen LogP contribution in [0.15, 0.2) is 0 Å². The van der Waals surface area contributed by atoms with Crippen LogP contribution in [-0.2, 0) is 4.74 Å². The van der Waals surface area contributed by atoms with Crippen LogP contribution in [0.2, 0.25) is 0 Å². The van der Waals surface area contributed by atoms with Crippen molar-refractivity contribution in [1.82, 2.24) is 5.32 Å². The molecule has 0 rings (SSSR count). The van der Waals surface area contributed by atoms with Crippen molar-refractivity contribution in [3.05, 3.63) is 0 Å². The highest BCUT2D eigenvalue weighted by molar-refractivity contribution is 4.82. The maximum absolute atomic E-state index is 9.36. The molecule has 0 aromatic carbocycles. The highest BCUT2D eigenvalue weighted by atomic mass is 16.5. The maximum atomic E-state index is 9.36. The van der Waals surface area contributed by atoms with Gasteiger partial charge in [0.2, 0.25) is 0 Å². The Kier molecular flexibility index (Phi) is 7.98. The lowest BCUT2D eigenvalue weighted by molar-refractivity contribution is -0.00353. The predicted octanol–water partition coefficient (Wildman–Crippen LogP) is 2.19. The fourth-order valence-corrected chi connectivity index (χ4v) is 1.64. The van der Waals surface area contributed by atoms with E-state index in [1.807, 2.05) is 6.92 Å². The average molecular weight is 231 g/mol. The first kappa shape index (κ1) is 15.9. The van der Waals surface area contributed by atoms with Crippen molar-refractivity contribution in [2.24, 2.45) is 5.92 Å². The van der Waals surface area contributed by atoms with Gasteiger partial charge >= 0.3 is 0 Å². The predicted molar refractivity (Wildman–Crippen MR) is 68.7 cm³/mol. The highest BCUT2D eigenvalue weighted by Gasteiger charge is 2.23. The van der Waals surface area contributed by atoms with E-state index in [1.54, 1.807) is 0 Å². The van der Waals surface area contributed by atoms with Gasteiger partial charge in [-0.05, 0) is 39.2 Å². The van der Waals surface area contributed by atoms with Gasteiger partial charge in [0.1, 0.15) is 0 Å². The van der Waals surface area contributed by atoms with E-state index >= 15 is 0 Å². The molecular formula is C13H29NO2. The molecule has 2 unspecified atom stereocenters. The van der Waals surface area contributed by atoms with Gasteiger partial charge in [-0.15, -0.1) is 0 Å². The standard InChI is InChI=1S/C13H29NO2/c1-6-7-14-13(5,9-15)10-16-12(4)8-11(2)3/h11-12,14-15H,6-10H2,1-5H3. The van der Waals surface area contributed by atoms with Crippen molar-refractivity contribution in [2.75, 3.05) is 19.8 Å². The van der Waals surface area contributed by atoms with E-state index in [-0.39, 0.29) is 18.2 Å². The van der Waals surface area contributed by atoms with Crippen LogP contribution >= 0.6 is 0 Å². The van der Waals surface area contributed by atoms with E-state index < -0.39 is 0 Å². The van der Waals surface area contributed by atoms with Crippen molar-refractivity contribution in [2.45, 2.75) is 59.1 Å². The van der Waals surface area contributed by atoms with Gasteiger partial charge < -0.3 is 15.2 Å². The zero-order valence-corrected chi connectivity index (χ0v) is 11.5. The molecule has 0 saturated heterocycles. The third kappa shape index (κ3) is 7.20. The Balaban J connectivity index is 3.92. The topological polar surface area (TPSA) is 41.5 Å². The Morgan fingerprint density at radius 3 is 2.38 bits per heavy atom. The zero-order chi connectivity index (χ0) is 12.6. The summed E-state index contributed by atoms with van der Waals surface area (Å²) in [5.74, 6) is 0.652. The molecule has 0 amide bonds. The summed E-state index contributed by atoms with van der Waals surface area (Å²) in [4.78, 5) is 0. The second-order valence-corrected chi connectivity index (χ2v) is 5.40. The Hall–Kier alpha value is -0.120. The summed E-state index contributed by atoms with van der Waals surface area (Å²) < 4.78 is 5.78. The number of ether oxygens (including phenoxy) is 1. The monoisotopic (exact) mass is 231 g/mol. The van der Waals surface area contributed by atoms with Gasteiger partial charge in [-0.25, -0.2) is 0 Å². The lowest BCUT2D eigenvalue weighted by atomic mass is 10.0. The Morgan fingerprint density at radius 1 is 1.31 bits per heavy atom. The summed E-state index contributed by atoms with van der Waals surface area (Å²) in [6.45, 7) is 12.2. The molecule has 0 aliphatic heterocycles. The smallest absolute Gasteiger partial charge is 0.0671 e. The molecule has 98 valence electrons. The molecule has 16 heavy (non-hydrogen) atoms. The average Bonchev–Trinajstić information content (AvgIpc) is 2.23. The second kappa shape index (κ2) is 8.04. The quantitative estimate of drug-likeness (QED) is 0.639. The minimum Gasteiger partial charge on any atom is -0.394 e. The lowest BCUT2D eigenvalue weighted by Gasteiger charge is -2.30. The van der Waals surface area contributed by atoms with Gasteiger partial charge in [-0.2, -0.15) is 0 Å². The number of hydrogen-bond donors (Lipinski definition) is 2. The summed E-state index contributed by atoms with van der Waals surface area (Å²) >= 11 is 0. The van der Waals surface area contributed by atoms with Crippen molar-refractivity contribution < 1.29 is 9.84 Å². The molecular weight excluding hydrogens is 202 g/mol. The number of nitrogens with one attached hydrogen (secondary N) is 1. The van der Waals surface area contributed by atoms with Gasteiger partial charge in [0, 0.05) is 0 Å². The highest BCUT2D eigenvalue weighted by Crippen LogP contribution is 2.11. The number of aliphatic hydroxyl groups excluding tert-OH is 1. The van der Waals surface area contributed by atoms with Crippen LogP contribution in [0.5, 0.6) is 0 Å². The van der Waals surface area contributed by atoms with Crippen LogP contribution in [0.3, 0.4) is 0 Å². The summed E-state index contributed by atoms with van der Waals surface area (Å²) in [6, 6.07) is 0. The van der Waals surface area contributed by atoms with Crippen LogP contribution in [0.25, 0.3) is 0 Å². The first-order chi connectivity index (χ1) is 7.43. The molecule has 0 bridgehead atoms. The summed E-state index contributed by atoms with van der Waals surface area (Å²) in [7, 11) is 0. The molecule has 0 spiro atoms. The molecule has 3 nitrogen and oxygen atoms in total. The van der Waals surface area contributed by atoms with Gasteiger partial charge in [0.15, 0.2) is 0 Å². The van der Waals surface area contributed by atoms with Crippen LogP contribution in [0, 0.1) is 5.92 Å². The fraction of sp³-hybridized carbons (Fsp3) is 1.00. The molecule has 0 fully saturated rings. The summed E-state index contributed by atoms with van der Waals surface area (Å²) in [6.07, 6.45) is 2.39. The number of aliphatic hydroxyl groups is 1. The molecule has 2 atom stereocenters. The van der Waals surface area contributed by atoms with Crippen LogP contribution in [-0.4, -0.2) is 36.5 Å². The van der Waals surface area contributed by atoms with Crippen molar-refractivity contribution >= 4 is 0 Å². The third-order valence-corrected chi connectivity index (χ3v) is 2.64. The SMILES string of the molecule is CCCNC(C)(CO)COC(C)CC(C)C. The van der Waals surface area contributed by atoms with Crippen LogP contribution < -0.4 is 5.32 Å². The van der Waals surface area contributed by atoms with Gasteiger partial charge in [0.05, 0.1) is 24.9 Å². The zero-order valence-electron chi connectivity index (χ0n) is 11.5. The second-order valence-electron chi connectivity index (χ2n) is 5.40. The van der Waals surface area contributed by atoms with Crippen LogP contribution in [0.1, 0.15) is 47.5 Å². The Morgan fingerprint density at radius 2 is 1.94 bits per heavy atom. The molecule has 0 radical (unpaired) electrons. The number of rotatable bonds is 9. The summed E-state index contributed by atoms with van der Waals surface area (Å²) in [5.41, 5.74) is -0.304. The Bertz CT molecular complexity index is 173. The van der Waals surface area contributed by atoms with Crippen molar-refractivity contribution in [3.63, 3.8) is 0 Å². The third-order valence-electron chi connectivity index (χ3n) is 2.64. The van der Waals surface area contributed by atoms with E-state index in [1.165, 1.54) is 0 Å². The molecule has 0 aliphatic carbocycles. The molecule has 0 saturated carbocycles. The van der Waals surface area contributed by atoms with Crippen molar-refractivity contribution in [3.8, 4) is 0 Å². The molecule has 3 heteroatoms. The van der Waals surface area contributed by atoms with Gasteiger partial charge in [-0.3, -0.25) is 0 Å². The minimum absolute atomic E-state index is 0.112. The number of hydrogen-bond acceptors (Lipinski definition) is 3. The lowest BCUT2D eigenvalue weighted by Crippen LogP contribution is -2.50. The molecule has 0 aromatic rings. The first-order valence-corrected chi connectivity index (χ1v) is 6.41. The molecule has 0 aliphatic rings. The van der Waals surface area contributed by atoms with Crippen LogP contribution in [0.4, 0.5) is 0 Å². The van der Waals surface area contributed by atoms with E-state index in [0.717, 1.165) is 19.4 Å². The molecule has 2 N–H and O–H groups in total. The van der Waals surface area contributed by atoms with E-state index in [2.05, 4.69) is 33.0 Å². The first-order valence-electron chi connectivity index (χ1n) is 6.41. The Labute approximate surface area is 101 Å². The van der Waals surface area contributed by atoms with E-state index in [0.29, 0.717) is 12.5 Å². The van der Waals surface area contributed by atoms with Gasteiger partial charge in [0.25, 0.3) is 0 Å². The van der Waals surface area contributed by atoms with Gasteiger partial charge in [-0.1, -0.05) is 20.8 Å². The normalized spacial score (nSPS) is 17.4. The summed E-state index contributed by atoms with van der Waals surface area (Å²) in [5, 5.41) is 12.7. The maximum Gasteiger partial charge on any atom is 0.0671 e. The van der Waals surface area contributed by atoms with E-state index in [9.17, 15) is 5.11 Å². The van der Waals surface area contributed by atoms with Crippen molar-refractivity contribution in [1.29, 1.82) is 0 Å². The minimum atomic E-state index is -0.304. The largest absolute Gasteiger partial charge is 0.394 e. The molecule has 0 aromatic heterocycles. The molecule has 0 heterocycles. The fourth-order valence-electron chi connectivity index (χ4n) is 1.64.